The fourth-order valence-corrected chi connectivity index (χ4v) is 1.64. The molecule has 0 saturated carbocycles. The molecule has 0 spiro atoms. The number of benzene rings is 1. The van der Waals surface area contributed by atoms with Gasteiger partial charge in [-0.15, -0.1) is 0 Å². The van der Waals surface area contributed by atoms with E-state index in [2.05, 4.69) is 11.8 Å². The van der Waals surface area contributed by atoms with Crippen LogP contribution >= 0.6 is 0 Å². The van der Waals surface area contributed by atoms with Crippen LogP contribution in [0.4, 0.5) is 0 Å². The summed E-state index contributed by atoms with van der Waals surface area (Å²) in [5.74, 6) is 5.14. The highest BCUT2D eigenvalue weighted by molar-refractivity contribution is 5.97. The van der Waals surface area contributed by atoms with E-state index >= 15 is 0 Å². The summed E-state index contributed by atoms with van der Waals surface area (Å²) in [4.78, 5) is 14.1. The predicted molar refractivity (Wildman–Crippen MR) is 78.4 cm³/mol. The van der Waals surface area contributed by atoms with Crippen molar-refractivity contribution in [2.75, 3.05) is 20.3 Å². The highest BCUT2D eigenvalue weighted by Gasteiger charge is 2.28. The Morgan fingerprint density at radius 1 is 1.35 bits per heavy atom. The third kappa shape index (κ3) is 3.60. The molecule has 4 nitrogen and oxygen atoms in total. The molecule has 4 heteroatoms. The van der Waals surface area contributed by atoms with Crippen molar-refractivity contribution in [1.29, 1.82) is 0 Å². The number of aliphatic hydroxyl groups excluding tert-OH is 2. The van der Waals surface area contributed by atoms with E-state index in [9.17, 15) is 9.90 Å². The maximum Gasteiger partial charge on any atom is 0.255 e. The van der Waals surface area contributed by atoms with Gasteiger partial charge in [-0.3, -0.25) is 4.79 Å². The molecule has 1 rings (SSSR count). The van der Waals surface area contributed by atoms with Crippen LogP contribution < -0.4 is 0 Å². The highest BCUT2D eigenvalue weighted by Crippen LogP contribution is 2.18. The number of likely N-dealkylation sites (N-methyl/N-ethyl adjacent to an activating group) is 1. The molecular weight excluding hydrogens is 254 g/mol. The van der Waals surface area contributed by atoms with Crippen LogP contribution in [0.5, 0.6) is 0 Å². The van der Waals surface area contributed by atoms with E-state index < -0.39 is 5.54 Å². The summed E-state index contributed by atoms with van der Waals surface area (Å²) >= 11 is 0. The zero-order valence-electron chi connectivity index (χ0n) is 12.4. The first-order valence-electron chi connectivity index (χ1n) is 6.43. The van der Waals surface area contributed by atoms with Crippen molar-refractivity contribution in [2.24, 2.45) is 0 Å². The summed E-state index contributed by atoms with van der Waals surface area (Å²) in [5, 5.41) is 18.2. The molecule has 0 aromatic heterocycles. The minimum atomic E-state index is -0.650. The number of hydrogen-bond acceptors (Lipinski definition) is 3. The van der Waals surface area contributed by atoms with Crippen LogP contribution in [0.25, 0.3) is 0 Å². The van der Waals surface area contributed by atoms with E-state index in [-0.39, 0.29) is 19.1 Å². The van der Waals surface area contributed by atoms with E-state index in [1.165, 1.54) is 4.90 Å². The molecule has 1 aromatic rings. The van der Waals surface area contributed by atoms with Crippen LogP contribution in [0.15, 0.2) is 18.2 Å². The smallest absolute Gasteiger partial charge is 0.255 e. The van der Waals surface area contributed by atoms with Crippen molar-refractivity contribution < 1.29 is 15.0 Å². The van der Waals surface area contributed by atoms with Crippen LogP contribution in [0, 0.1) is 18.8 Å². The molecule has 2 N–H and O–H groups in total. The molecule has 0 radical (unpaired) electrons. The third-order valence-corrected chi connectivity index (χ3v) is 3.31. The summed E-state index contributed by atoms with van der Waals surface area (Å²) in [5.41, 5.74) is 1.37. The van der Waals surface area contributed by atoms with Gasteiger partial charge in [-0.05, 0) is 32.9 Å². The fourth-order valence-electron chi connectivity index (χ4n) is 1.64. The number of nitrogens with zero attached hydrogens (tertiary/aromatic N) is 1. The quantitative estimate of drug-likeness (QED) is 0.814. The number of aliphatic hydroxyl groups is 2. The fraction of sp³-hybridized carbons (Fsp3) is 0.438. The molecule has 1 aromatic carbocycles. The van der Waals surface area contributed by atoms with E-state index in [1.54, 1.807) is 33.0 Å². The normalized spacial score (nSPS) is 10.7. The van der Waals surface area contributed by atoms with Crippen molar-refractivity contribution in [1.82, 2.24) is 4.90 Å². The standard InChI is InChI=1S/C16H21NO3/c1-12-7-8-13(6-5-9-18)14(10-12)15(20)17(4)16(2,3)11-19/h7-8,10,18-19H,9,11H2,1-4H3. The first-order chi connectivity index (χ1) is 9.33. The van der Waals surface area contributed by atoms with E-state index in [0.717, 1.165) is 5.56 Å². The monoisotopic (exact) mass is 275 g/mol. The Labute approximate surface area is 120 Å². The molecule has 0 aliphatic rings. The largest absolute Gasteiger partial charge is 0.394 e. The molecular formula is C16H21NO3. The van der Waals surface area contributed by atoms with Gasteiger partial charge in [0.1, 0.15) is 6.61 Å². The molecule has 0 unspecified atom stereocenters. The van der Waals surface area contributed by atoms with Crippen molar-refractivity contribution in [3.8, 4) is 11.8 Å². The molecule has 0 heterocycles. The first kappa shape index (κ1) is 16.2. The van der Waals surface area contributed by atoms with Crippen molar-refractivity contribution in [2.45, 2.75) is 26.3 Å². The minimum absolute atomic E-state index is 0.126. The summed E-state index contributed by atoms with van der Waals surface area (Å²) in [6.07, 6.45) is 0. The second kappa shape index (κ2) is 6.56. The lowest BCUT2D eigenvalue weighted by atomic mass is 9.99. The van der Waals surface area contributed by atoms with Crippen LogP contribution in [0.3, 0.4) is 0 Å². The molecule has 108 valence electrons. The lowest BCUT2D eigenvalue weighted by molar-refractivity contribution is 0.0473. The lowest BCUT2D eigenvalue weighted by Gasteiger charge is -2.34. The second-order valence-electron chi connectivity index (χ2n) is 5.34. The average molecular weight is 275 g/mol. The minimum Gasteiger partial charge on any atom is -0.394 e. The molecule has 0 saturated heterocycles. The maximum absolute atomic E-state index is 12.6. The summed E-state index contributed by atoms with van der Waals surface area (Å²) < 4.78 is 0. The molecule has 20 heavy (non-hydrogen) atoms. The summed E-state index contributed by atoms with van der Waals surface area (Å²) in [7, 11) is 1.66. The van der Waals surface area contributed by atoms with Gasteiger partial charge >= 0.3 is 0 Å². The first-order valence-corrected chi connectivity index (χ1v) is 6.43. The van der Waals surface area contributed by atoms with Gasteiger partial charge in [0.05, 0.1) is 17.7 Å². The van der Waals surface area contributed by atoms with Gasteiger partial charge in [0.2, 0.25) is 0 Å². The Kier molecular flexibility index (Phi) is 5.32. The number of carbonyl (C=O) groups excluding carboxylic acids is 1. The molecule has 0 aliphatic heterocycles. The molecule has 0 bridgehead atoms. The average Bonchev–Trinajstić information content (AvgIpc) is 2.44. The Morgan fingerprint density at radius 2 is 2.00 bits per heavy atom. The summed E-state index contributed by atoms with van der Waals surface area (Å²) in [6.45, 7) is 5.11. The van der Waals surface area contributed by atoms with Gasteiger partial charge in [-0.1, -0.05) is 23.5 Å². The van der Waals surface area contributed by atoms with E-state index in [1.807, 2.05) is 13.0 Å². The van der Waals surface area contributed by atoms with Crippen LogP contribution in [0.1, 0.15) is 35.3 Å². The number of hydrogen-bond donors (Lipinski definition) is 2. The number of carbonyl (C=O) groups is 1. The molecule has 0 fully saturated rings. The third-order valence-electron chi connectivity index (χ3n) is 3.31. The van der Waals surface area contributed by atoms with Crippen molar-refractivity contribution in [3.63, 3.8) is 0 Å². The second-order valence-corrected chi connectivity index (χ2v) is 5.34. The lowest BCUT2D eigenvalue weighted by Crippen LogP contribution is -2.47. The van der Waals surface area contributed by atoms with Crippen LogP contribution in [-0.4, -0.2) is 46.8 Å². The van der Waals surface area contributed by atoms with Crippen molar-refractivity contribution >= 4 is 5.91 Å². The zero-order chi connectivity index (χ0) is 15.3. The van der Waals surface area contributed by atoms with Gasteiger partial charge in [-0.25, -0.2) is 0 Å². The maximum atomic E-state index is 12.6. The van der Waals surface area contributed by atoms with Gasteiger partial charge < -0.3 is 15.1 Å². The van der Waals surface area contributed by atoms with E-state index in [4.69, 9.17) is 5.11 Å². The van der Waals surface area contributed by atoms with Gasteiger partial charge in [0.15, 0.2) is 0 Å². The van der Waals surface area contributed by atoms with Gasteiger partial charge in [-0.2, -0.15) is 0 Å². The Morgan fingerprint density at radius 3 is 2.55 bits per heavy atom. The Balaban J connectivity index is 3.24. The molecule has 1 amide bonds. The summed E-state index contributed by atoms with van der Waals surface area (Å²) in [6, 6.07) is 5.41. The molecule has 0 atom stereocenters. The van der Waals surface area contributed by atoms with Crippen LogP contribution in [-0.2, 0) is 0 Å². The van der Waals surface area contributed by atoms with Crippen LogP contribution in [0.2, 0.25) is 0 Å². The SMILES string of the molecule is Cc1ccc(C#CCO)c(C(=O)N(C)C(C)(C)CO)c1. The molecule has 0 aliphatic carbocycles. The predicted octanol–water partition coefficient (Wildman–Crippen LogP) is 1.18. The topological polar surface area (TPSA) is 60.8 Å². The number of rotatable bonds is 3. The zero-order valence-corrected chi connectivity index (χ0v) is 12.4. The number of amides is 1. The van der Waals surface area contributed by atoms with Gasteiger partial charge in [0, 0.05) is 12.6 Å². The highest BCUT2D eigenvalue weighted by atomic mass is 16.3. The Bertz CT molecular complexity index is 553. The Hall–Kier alpha value is -1.83. The number of aryl methyl sites for hydroxylation is 1. The van der Waals surface area contributed by atoms with E-state index in [0.29, 0.717) is 11.1 Å². The van der Waals surface area contributed by atoms with Gasteiger partial charge in [0.25, 0.3) is 5.91 Å². The van der Waals surface area contributed by atoms with Crippen molar-refractivity contribution in [3.05, 3.63) is 34.9 Å².